The van der Waals surface area contributed by atoms with Gasteiger partial charge >= 0.3 is 0 Å². The van der Waals surface area contributed by atoms with Gasteiger partial charge in [0.15, 0.2) is 0 Å². The summed E-state index contributed by atoms with van der Waals surface area (Å²) >= 11 is 7.85. The first kappa shape index (κ1) is 17.1. The van der Waals surface area contributed by atoms with Gasteiger partial charge in [-0.15, -0.1) is 0 Å². The quantitative estimate of drug-likeness (QED) is 0.598. The van der Waals surface area contributed by atoms with Crippen LogP contribution in [0.5, 0.6) is 0 Å². The molecule has 0 saturated heterocycles. The third-order valence-electron chi connectivity index (χ3n) is 3.74. The van der Waals surface area contributed by atoms with Crippen LogP contribution in [0.1, 0.15) is 36.8 Å². The van der Waals surface area contributed by atoms with Crippen molar-refractivity contribution in [2.24, 2.45) is 0 Å². The molecule has 0 saturated carbocycles. The second-order valence-electron chi connectivity index (χ2n) is 5.96. The molecule has 0 radical (unpaired) electrons. The third kappa shape index (κ3) is 3.82. The normalized spacial score (nSPS) is 11.2. The number of halogens is 1. The van der Waals surface area contributed by atoms with Gasteiger partial charge in [0.25, 0.3) is 0 Å². The lowest BCUT2D eigenvalue weighted by molar-refractivity contribution is 0.489. The van der Waals surface area contributed by atoms with E-state index in [4.69, 9.17) is 16.7 Å². The molecule has 0 aliphatic rings. The van der Waals surface area contributed by atoms with Gasteiger partial charge in [0, 0.05) is 39.8 Å². The fraction of sp³-hybridized carbons (Fsp3) is 0.263. The summed E-state index contributed by atoms with van der Waals surface area (Å²) in [5, 5.41) is 6.67. The van der Waals surface area contributed by atoms with Crippen LogP contribution in [0.2, 0.25) is 5.02 Å². The predicted octanol–water partition coefficient (Wildman–Crippen LogP) is 5.56. The molecule has 124 valence electrons. The Balaban J connectivity index is 2.01. The molecular formula is C19H20ClN3S. The Labute approximate surface area is 152 Å². The van der Waals surface area contributed by atoms with E-state index in [2.05, 4.69) is 42.6 Å². The van der Waals surface area contributed by atoms with Crippen molar-refractivity contribution >= 4 is 23.4 Å². The molecular weight excluding hydrogens is 338 g/mol. The Bertz CT molecular complexity index is 828. The van der Waals surface area contributed by atoms with Crippen molar-refractivity contribution in [3.05, 3.63) is 70.6 Å². The maximum absolute atomic E-state index is 6.14. The molecule has 0 spiro atoms. The molecule has 0 aliphatic heterocycles. The smallest absolute Gasteiger partial charge is 0.103 e. The standard InChI is InChI=1S/C19H20ClN3S/c1-13(2)23-19(24-17-9-6-7-15(20)11-17)18(14(3)22-23)12-16-8-4-5-10-21-16/h4-11,13H,12H2,1-3H3. The van der Waals surface area contributed by atoms with E-state index in [1.807, 2.05) is 36.5 Å². The average molecular weight is 358 g/mol. The van der Waals surface area contributed by atoms with Gasteiger partial charge in [-0.1, -0.05) is 35.5 Å². The van der Waals surface area contributed by atoms with E-state index in [1.165, 1.54) is 5.56 Å². The number of pyridine rings is 1. The molecule has 3 aromatic rings. The fourth-order valence-corrected chi connectivity index (χ4v) is 4.05. The van der Waals surface area contributed by atoms with Gasteiger partial charge in [0.05, 0.1) is 5.69 Å². The molecule has 0 N–H and O–H groups in total. The molecule has 2 aromatic heterocycles. The van der Waals surface area contributed by atoms with Gasteiger partial charge in [-0.05, 0) is 51.1 Å². The first-order valence-electron chi connectivity index (χ1n) is 7.96. The first-order valence-corrected chi connectivity index (χ1v) is 9.15. The molecule has 0 unspecified atom stereocenters. The van der Waals surface area contributed by atoms with Crippen molar-refractivity contribution in [3.8, 4) is 0 Å². The average Bonchev–Trinajstić information content (AvgIpc) is 2.85. The number of nitrogens with zero attached hydrogens (tertiary/aromatic N) is 3. The second kappa shape index (κ2) is 7.41. The summed E-state index contributed by atoms with van der Waals surface area (Å²) in [5.74, 6) is 0. The van der Waals surface area contributed by atoms with Gasteiger partial charge in [-0.25, -0.2) is 0 Å². The van der Waals surface area contributed by atoms with Crippen molar-refractivity contribution in [2.75, 3.05) is 0 Å². The summed E-state index contributed by atoms with van der Waals surface area (Å²) < 4.78 is 2.10. The van der Waals surface area contributed by atoms with Crippen molar-refractivity contribution in [3.63, 3.8) is 0 Å². The number of hydrogen-bond acceptors (Lipinski definition) is 3. The van der Waals surface area contributed by atoms with Crippen LogP contribution in [0, 0.1) is 6.92 Å². The summed E-state index contributed by atoms with van der Waals surface area (Å²) in [6, 6.07) is 14.3. The first-order chi connectivity index (χ1) is 11.5. The van der Waals surface area contributed by atoms with E-state index in [0.29, 0.717) is 6.04 Å². The van der Waals surface area contributed by atoms with Crippen LogP contribution in [-0.2, 0) is 6.42 Å². The lowest BCUT2D eigenvalue weighted by atomic mass is 10.1. The van der Waals surface area contributed by atoms with E-state index in [0.717, 1.165) is 32.8 Å². The van der Waals surface area contributed by atoms with Crippen molar-refractivity contribution in [2.45, 2.75) is 43.2 Å². The van der Waals surface area contributed by atoms with E-state index in [1.54, 1.807) is 11.8 Å². The maximum atomic E-state index is 6.14. The van der Waals surface area contributed by atoms with Gasteiger partial charge in [0.1, 0.15) is 5.03 Å². The zero-order valence-corrected chi connectivity index (χ0v) is 15.6. The Morgan fingerprint density at radius 2 is 2.00 bits per heavy atom. The Hall–Kier alpha value is -1.78. The van der Waals surface area contributed by atoms with Crippen LogP contribution in [-0.4, -0.2) is 14.8 Å². The zero-order valence-electron chi connectivity index (χ0n) is 14.0. The third-order valence-corrected chi connectivity index (χ3v) is 5.10. The topological polar surface area (TPSA) is 30.7 Å². The Morgan fingerprint density at radius 1 is 1.17 bits per heavy atom. The lowest BCUT2D eigenvalue weighted by Crippen LogP contribution is -2.05. The lowest BCUT2D eigenvalue weighted by Gasteiger charge is -2.12. The Morgan fingerprint density at radius 3 is 2.67 bits per heavy atom. The van der Waals surface area contributed by atoms with Gasteiger partial charge < -0.3 is 0 Å². The molecule has 0 bridgehead atoms. The summed E-state index contributed by atoms with van der Waals surface area (Å²) in [6.45, 7) is 6.37. The largest absolute Gasteiger partial charge is 0.261 e. The minimum absolute atomic E-state index is 0.294. The van der Waals surface area contributed by atoms with Crippen LogP contribution in [0.3, 0.4) is 0 Å². The van der Waals surface area contributed by atoms with Gasteiger partial charge in [0.2, 0.25) is 0 Å². The predicted molar refractivity (Wildman–Crippen MR) is 100.0 cm³/mol. The summed E-state index contributed by atoms with van der Waals surface area (Å²) in [4.78, 5) is 5.58. The molecule has 24 heavy (non-hydrogen) atoms. The van der Waals surface area contributed by atoms with Crippen LogP contribution in [0.15, 0.2) is 58.6 Å². The highest BCUT2D eigenvalue weighted by Gasteiger charge is 2.19. The molecule has 0 atom stereocenters. The van der Waals surface area contributed by atoms with E-state index < -0.39 is 0 Å². The summed E-state index contributed by atoms with van der Waals surface area (Å²) in [7, 11) is 0. The minimum atomic E-state index is 0.294. The SMILES string of the molecule is Cc1nn(C(C)C)c(Sc2cccc(Cl)c2)c1Cc1ccccn1. The zero-order chi connectivity index (χ0) is 17.1. The molecule has 1 aromatic carbocycles. The van der Waals surface area contributed by atoms with Crippen LogP contribution in [0.4, 0.5) is 0 Å². The van der Waals surface area contributed by atoms with Crippen molar-refractivity contribution in [1.82, 2.24) is 14.8 Å². The van der Waals surface area contributed by atoms with Crippen molar-refractivity contribution < 1.29 is 0 Å². The van der Waals surface area contributed by atoms with Gasteiger partial charge in [-0.3, -0.25) is 9.67 Å². The highest BCUT2D eigenvalue weighted by molar-refractivity contribution is 7.99. The maximum Gasteiger partial charge on any atom is 0.103 e. The molecule has 2 heterocycles. The molecule has 0 fully saturated rings. The summed E-state index contributed by atoms with van der Waals surface area (Å²) in [6.07, 6.45) is 2.61. The molecule has 5 heteroatoms. The minimum Gasteiger partial charge on any atom is -0.261 e. The molecule has 3 nitrogen and oxygen atoms in total. The van der Waals surface area contributed by atoms with E-state index >= 15 is 0 Å². The number of benzene rings is 1. The summed E-state index contributed by atoms with van der Waals surface area (Å²) in [5.41, 5.74) is 3.34. The number of rotatable bonds is 5. The van der Waals surface area contributed by atoms with Crippen LogP contribution in [0.25, 0.3) is 0 Å². The number of aromatic nitrogens is 3. The van der Waals surface area contributed by atoms with Gasteiger partial charge in [-0.2, -0.15) is 5.10 Å². The van der Waals surface area contributed by atoms with E-state index in [-0.39, 0.29) is 0 Å². The van der Waals surface area contributed by atoms with E-state index in [9.17, 15) is 0 Å². The molecule has 0 aliphatic carbocycles. The van der Waals surface area contributed by atoms with Crippen molar-refractivity contribution in [1.29, 1.82) is 0 Å². The highest BCUT2D eigenvalue weighted by Crippen LogP contribution is 2.35. The monoisotopic (exact) mass is 357 g/mol. The highest BCUT2D eigenvalue weighted by atomic mass is 35.5. The number of hydrogen-bond donors (Lipinski definition) is 0. The fourth-order valence-electron chi connectivity index (χ4n) is 2.55. The molecule has 3 rings (SSSR count). The van der Waals surface area contributed by atoms with Crippen LogP contribution >= 0.6 is 23.4 Å². The van der Waals surface area contributed by atoms with Crippen LogP contribution < -0.4 is 0 Å². The molecule has 0 amide bonds. The second-order valence-corrected chi connectivity index (χ2v) is 7.46. The number of aryl methyl sites for hydroxylation is 1. The Kier molecular flexibility index (Phi) is 5.27.